The van der Waals surface area contributed by atoms with Gasteiger partial charge in [0, 0.05) is 11.6 Å². The van der Waals surface area contributed by atoms with E-state index in [4.69, 9.17) is 5.11 Å². The summed E-state index contributed by atoms with van der Waals surface area (Å²) in [7, 11) is 0. The second kappa shape index (κ2) is 3.38. The van der Waals surface area contributed by atoms with Gasteiger partial charge in [0.25, 0.3) is 0 Å². The lowest BCUT2D eigenvalue weighted by atomic mass is 9.96. The van der Waals surface area contributed by atoms with Crippen LogP contribution in [0.1, 0.15) is 28.4 Å². The summed E-state index contributed by atoms with van der Waals surface area (Å²) in [4.78, 5) is 10.5. The molecule has 1 aliphatic rings. The largest absolute Gasteiger partial charge is 0.478 e. The number of carboxylic acids is 1. The van der Waals surface area contributed by atoms with E-state index < -0.39 is 11.8 Å². The van der Waals surface area contributed by atoms with Crippen LogP contribution in [-0.2, 0) is 0 Å². The molecule has 1 aromatic rings. The van der Waals surface area contributed by atoms with E-state index in [0.717, 1.165) is 19.0 Å². The van der Waals surface area contributed by atoms with Crippen LogP contribution in [0.2, 0.25) is 0 Å². The predicted octanol–water partition coefficient (Wildman–Crippen LogP) is 1.56. The Hall–Kier alpha value is -1.42. The molecule has 1 aromatic carbocycles. The van der Waals surface area contributed by atoms with Gasteiger partial charge >= 0.3 is 5.97 Å². The molecule has 2 N–H and O–H groups in total. The molecule has 2 rings (SSSR count). The average molecular weight is 195 g/mol. The topological polar surface area (TPSA) is 49.3 Å². The Morgan fingerprint density at radius 2 is 2.29 bits per heavy atom. The minimum Gasteiger partial charge on any atom is -0.478 e. The third-order valence-corrected chi connectivity index (χ3v) is 2.45. The molecule has 0 spiro atoms. The molecule has 1 aliphatic heterocycles. The second-order valence-electron chi connectivity index (χ2n) is 3.34. The maximum Gasteiger partial charge on any atom is 0.335 e. The third kappa shape index (κ3) is 1.48. The molecule has 3 nitrogen and oxygen atoms in total. The van der Waals surface area contributed by atoms with Crippen LogP contribution in [0.15, 0.2) is 18.2 Å². The number of carboxylic acid groups (broad SMARTS) is 1. The van der Waals surface area contributed by atoms with Gasteiger partial charge in [0.1, 0.15) is 5.82 Å². The van der Waals surface area contributed by atoms with E-state index in [9.17, 15) is 9.18 Å². The van der Waals surface area contributed by atoms with Gasteiger partial charge < -0.3 is 10.4 Å². The van der Waals surface area contributed by atoms with Crippen LogP contribution in [0.25, 0.3) is 0 Å². The highest BCUT2D eigenvalue weighted by Gasteiger charge is 2.22. The summed E-state index contributed by atoms with van der Waals surface area (Å²) in [6, 6.07) is 4.09. The highest BCUT2D eigenvalue weighted by molar-refractivity contribution is 5.87. The number of halogens is 1. The molecule has 0 bridgehead atoms. The molecule has 4 heteroatoms. The molecular weight excluding hydrogens is 185 g/mol. The minimum absolute atomic E-state index is 0.00873. The molecule has 1 heterocycles. The molecule has 1 fully saturated rings. The van der Waals surface area contributed by atoms with Crippen molar-refractivity contribution in [2.45, 2.75) is 12.5 Å². The fourth-order valence-corrected chi connectivity index (χ4v) is 1.50. The van der Waals surface area contributed by atoms with Gasteiger partial charge in [0.2, 0.25) is 0 Å². The molecule has 1 unspecified atom stereocenters. The lowest BCUT2D eigenvalue weighted by Crippen LogP contribution is -2.35. The van der Waals surface area contributed by atoms with Crippen LogP contribution < -0.4 is 5.32 Å². The van der Waals surface area contributed by atoms with Gasteiger partial charge in [0.05, 0.1) is 5.56 Å². The standard InChI is InChI=1S/C10H10FNO2/c11-8-5-6(10(13)14)1-2-7(8)9-3-4-12-9/h1-2,5,9,12H,3-4H2,(H,13,14). The van der Waals surface area contributed by atoms with Crippen molar-refractivity contribution in [2.75, 3.05) is 6.54 Å². The van der Waals surface area contributed by atoms with Gasteiger partial charge in [-0.15, -0.1) is 0 Å². The lowest BCUT2D eigenvalue weighted by Gasteiger charge is -2.28. The first kappa shape index (κ1) is 9.15. The van der Waals surface area contributed by atoms with Crippen LogP contribution in [0.3, 0.4) is 0 Å². The minimum atomic E-state index is -1.10. The molecule has 0 radical (unpaired) electrons. The Bertz CT molecular complexity index is 374. The number of carbonyl (C=O) groups is 1. The summed E-state index contributed by atoms with van der Waals surface area (Å²) in [5.74, 6) is -1.54. The van der Waals surface area contributed by atoms with E-state index in [1.807, 2.05) is 0 Å². The first-order valence-electron chi connectivity index (χ1n) is 4.44. The predicted molar refractivity (Wildman–Crippen MR) is 48.7 cm³/mol. The highest BCUT2D eigenvalue weighted by atomic mass is 19.1. The number of benzene rings is 1. The molecule has 1 atom stereocenters. The Labute approximate surface area is 80.6 Å². The van der Waals surface area contributed by atoms with Crippen LogP contribution in [0.4, 0.5) is 4.39 Å². The molecule has 0 amide bonds. The van der Waals surface area contributed by atoms with E-state index in [1.165, 1.54) is 12.1 Å². The highest BCUT2D eigenvalue weighted by Crippen LogP contribution is 2.25. The van der Waals surface area contributed by atoms with Crippen LogP contribution in [-0.4, -0.2) is 17.6 Å². The van der Waals surface area contributed by atoms with Crippen molar-refractivity contribution in [3.8, 4) is 0 Å². The normalized spacial score (nSPS) is 20.2. The van der Waals surface area contributed by atoms with Crippen molar-refractivity contribution in [3.05, 3.63) is 35.1 Å². The smallest absolute Gasteiger partial charge is 0.335 e. The summed E-state index contributed by atoms with van der Waals surface area (Å²) < 4.78 is 13.4. The zero-order valence-electron chi connectivity index (χ0n) is 7.46. The molecule has 0 aliphatic carbocycles. The maximum absolute atomic E-state index is 13.4. The summed E-state index contributed by atoms with van der Waals surface area (Å²) >= 11 is 0. The van der Waals surface area contributed by atoms with E-state index in [2.05, 4.69) is 5.32 Å². The fourth-order valence-electron chi connectivity index (χ4n) is 1.50. The van der Waals surface area contributed by atoms with Crippen molar-refractivity contribution in [3.63, 3.8) is 0 Å². The Morgan fingerprint density at radius 3 is 2.71 bits per heavy atom. The van der Waals surface area contributed by atoms with E-state index in [-0.39, 0.29) is 11.6 Å². The lowest BCUT2D eigenvalue weighted by molar-refractivity contribution is 0.0696. The monoisotopic (exact) mass is 195 g/mol. The molecule has 74 valence electrons. The van der Waals surface area contributed by atoms with Crippen molar-refractivity contribution in [1.82, 2.24) is 5.32 Å². The first-order chi connectivity index (χ1) is 6.68. The molecule has 0 aromatic heterocycles. The summed E-state index contributed by atoms with van der Waals surface area (Å²) in [5.41, 5.74) is 0.548. The number of aromatic carboxylic acids is 1. The van der Waals surface area contributed by atoms with Crippen LogP contribution in [0.5, 0.6) is 0 Å². The van der Waals surface area contributed by atoms with Crippen molar-refractivity contribution < 1.29 is 14.3 Å². The van der Waals surface area contributed by atoms with Crippen LogP contribution in [0, 0.1) is 5.82 Å². The summed E-state index contributed by atoms with van der Waals surface area (Å²) in [6.45, 7) is 0.894. The average Bonchev–Trinajstić information content (AvgIpc) is 2.04. The van der Waals surface area contributed by atoms with Gasteiger partial charge in [-0.25, -0.2) is 9.18 Å². The molecule has 14 heavy (non-hydrogen) atoms. The second-order valence-corrected chi connectivity index (χ2v) is 3.34. The van der Waals surface area contributed by atoms with Crippen molar-refractivity contribution in [2.24, 2.45) is 0 Å². The Morgan fingerprint density at radius 1 is 1.57 bits per heavy atom. The van der Waals surface area contributed by atoms with Gasteiger partial charge in [0.15, 0.2) is 0 Å². The molecule has 0 saturated carbocycles. The maximum atomic E-state index is 13.4. The van der Waals surface area contributed by atoms with Crippen molar-refractivity contribution >= 4 is 5.97 Å². The number of nitrogens with one attached hydrogen (secondary N) is 1. The molecular formula is C10H10FNO2. The summed E-state index contributed by atoms with van der Waals surface area (Å²) in [5, 5.41) is 11.7. The van der Waals surface area contributed by atoms with Gasteiger partial charge in [-0.3, -0.25) is 0 Å². The van der Waals surface area contributed by atoms with Gasteiger partial charge in [-0.1, -0.05) is 6.07 Å². The fraction of sp³-hybridized carbons (Fsp3) is 0.300. The Balaban J connectivity index is 2.30. The van der Waals surface area contributed by atoms with Crippen molar-refractivity contribution in [1.29, 1.82) is 0 Å². The number of rotatable bonds is 2. The first-order valence-corrected chi connectivity index (χ1v) is 4.44. The number of hydrogen-bond acceptors (Lipinski definition) is 2. The molecule has 1 saturated heterocycles. The van der Waals surface area contributed by atoms with Crippen LogP contribution >= 0.6 is 0 Å². The zero-order chi connectivity index (χ0) is 10.1. The van der Waals surface area contributed by atoms with E-state index in [1.54, 1.807) is 0 Å². The Kier molecular flexibility index (Phi) is 2.21. The van der Waals surface area contributed by atoms with E-state index in [0.29, 0.717) is 5.56 Å². The number of hydrogen-bond donors (Lipinski definition) is 2. The van der Waals surface area contributed by atoms with Gasteiger partial charge in [-0.2, -0.15) is 0 Å². The quantitative estimate of drug-likeness (QED) is 0.752. The summed E-state index contributed by atoms with van der Waals surface area (Å²) in [6.07, 6.45) is 0.906. The van der Waals surface area contributed by atoms with Gasteiger partial charge in [-0.05, 0) is 25.1 Å². The SMILES string of the molecule is O=C(O)c1ccc(C2CCN2)c(F)c1. The third-order valence-electron chi connectivity index (χ3n) is 2.45. The zero-order valence-corrected chi connectivity index (χ0v) is 7.46. The van der Waals surface area contributed by atoms with E-state index >= 15 is 0 Å².